The number of nitrogens with zero attached hydrogens (tertiary/aromatic N) is 8. The van der Waals surface area contributed by atoms with Crippen LogP contribution in [0, 0.1) is 0 Å². The monoisotopic (exact) mass is 1030 g/mol. The van der Waals surface area contributed by atoms with Gasteiger partial charge in [-0.05, 0) is 36.8 Å². The Morgan fingerprint density at radius 1 is 0.569 bits per heavy atom. The number of ether oxygens (including phenoxy) is 2. The molecule has 28 heteroatoms. The molecule has 2 fully saturated rings. The Morgan fingerprint density at radius 3 is 1.29 bits per heavy atom. The summed E-state index contributed by atoms with van der Waals surface area (Å²) in [4.78, 5) is 104. The van der Waals surface area contributed by atoms with Gasteiger partial charge in [0.05, 0.1) is 0 Å². The van der Waals surface area contributed by atoms with E-state index in [1.54, 1.807) is 70.5 Å². The molecule has 6 rings (SSSR count). The SMILES string of the molecule is Nc1nc(N)c(C(=O)N/C(=N/C(=O)OCc2ccccc2)NC2CCN(C(=O)NC/C=C\CNC(=O)N3CCC(N/C(=N\C(=O)OCc4ccccc4)NC(=O)c4nc(Cl)c(N)nc4N)CC3)CC2)nc1Cl. The normalized spacial score (nSPS) is 14.5. The molecule has 72 heavy (non-hydrogen) atoms. The number of urea groups is 2. The van der Waals surface area contributed by atoms with E-state index in [0.29, 0.717) is 51.9 Å². The lowest BCUT2D eigenvalue weighted by atomic mass is 10.1. The first-order valence-electron chi connectivity index (χ1n) is 22.2. The first kappa shape index (κ1) is 52.8. The molecule has 14 N–H and O–H groups in total. The van der Waals surface area contributed by atoms with Gasteiger partial charge in [0.2, 0.25) is 11.9 Å². The molecular weight excluding hydrogens is 980 g/mol. The predicted octanol–water partition coefficient (Wildman–Crippen LogP) is 2.53. The number of halogens is 2. The highest BCUT2D eigenvalue weighted by Crippen LogP contribution is 2.19. The van der Waals surface area contributed by atoms with Crippen LogP contribution in [0.25, 0.3) is 0 Å². The topological polar surface area (TPSA) is 380 Å². The average Bonchev–Trinajstić information content (AvgIpc) is 3.36. The summed E-state index contributed by atoms with van der Waals surface area (Å²) in [5, 5.41) is 16.2. The van der Waals surface area contributed by atoms with E-state index in [4.69, 9.17) is 55.6 Å². The van der Waals surface area contributed by atoms with E-state index in [1.165, 1.54) is 0 Å². The molecule has 0 saturated carbocycles. The minimum Gasteiger partial charge on any atom is -0.443 e. The van der Waals surface area contributed by atoms with Gasteiger partial charge in [-0.3, -0.25) is 20.2 Å². The molecule has 2 saturated heterocycles. The molecular formula is C44H52Cl2N18O8. The van der Waals surface area contributed by atoms with Crippen molar-refractivity contribution in [3.05, 3.63) is 106 Å². The zero-order valence-corrected chi connectivity index (χ0v) is 40.0. The van der Waals surface area contributed by atoms with Crippen LogP contribution in [0.15, 0.2) is 82.8 Å². The van der Waals surface area contributed by atoms with Crippen LogP contribution in [0.4, 0.5) is 42.4 Å². The van der Waals surface area contributed by atoms with Crippen molar-refractivity contribution in [1.29, 1.82) is 0 Å². The Hall–Kier alpha value is -8.52. The molecule has 0 atom stereocenters. The predicted molar refractivity (Wildman–Crippen MR) is 266 cm³/mol. The molecule has 2 aromatic carbocycles. The summed E-state index contributed by atoms with van der Waals surface area (Å²) in [7, 11) is 0. The summed E-state index contributed by atoms with van der Waals surface area (Å²) in [6.45, 7) is 1.56. The van der Waals surface area contributed by atoms with Crippen LogP contribution in [0.5, 0.6) is 0 Å². The molecule has 0 spiro atoms. The van der Waals surface area contributed by atoms with Crippen molar-refractivity contribution >= 4 is 94.5 Å². The number of nitrogens with one attached hydrogen (secondary N) is 6. The summed E-state index contributed by atoms with van der Waals surface area (Å²) in [6, 6.07) is 16.6. The number of hydrogen-bond donors (Lipinski definition) is 10. The third-order valence-corrected chi connectivity index (χ3v) is 11.2. The van der Waals surface area contributed by atoms with Crippen LogP contribution in [0.3, 0.4) is 0 Å². The zero-order valence-electron chi connectivity index (χ0n) is 38.5. The number of anilines is 4. The quantitative estimate of drug-likeness (QED) is 0.0553. The van der Waals surface area contributed by atoms with E-state index < -0.39 is 24.0 Å². The third-order valence-electron chi connectivity index (χ3n) is 10.7. The number of piperidine rings is 2. The number of carbonyl (C=O) groups excluding carboxylic acids is 6. The van der Waals surface area contributed by atoms with Crippen molar-refractivity contribution in [1.82, 2.24) is 61.6 Å². The van der Waals surface area contributed by atoms with Gasteiger partial charge >= 0.3 is 24.2 Å². The molecule has 2 aliphatic heterocycles. The van der Waals surface area contributed by atoms with Gasteiger partial charge in [0.25, 0.3) is 11.8 Å². The summed E-state index contributed by atoms with van der Waals surface area (Å²) >= 11 is 11.9. The van der Waals surface area contributed by atoms with Crippen LogP contribution < -0.4 is 54.8 Å². The zero-order chi connectivity index (χ0) is 51.6. The number of carbonyl (C=O) groups is 6. The van der Waals surface area contributed by atoms with Gasteiger partial charge < -0.3 is 63.5 Å². The maximum Gasteiger partial charge on any atom is 0.437 e. The minimum absolute atomic E-state index is 0.0615. The second-order valence-corrected chi connectivity index (χ2v) is 16.5. The van der Waals surface area contributed by atoms with E-state index in [9.17, 15) is 28.8 Å². The van der Waals surface area contributed by atoms with Gasteiger partial charge in [0, 0.05) is 51.4 Å². The molecule has 0 bridgehead atoms. The average molecular weight is 1030 g/mol. The van der Waals surface area contributed by atoms with Gasteiger partial charge in [0.15, 0.2) is 45.0 Å². The fourth-order valence-electron chi connectivity index (χ4n) is 6.95. The largest absolute Gasteiger partial charge is 0.443 e. The molecule has 0 unspecified atom stereocenters. The van der Waals surface area contributed by atoms with Gasteiger partial charge in [-0.1, -0.05) is 96.0 Å². The van der Waals surface area contributed by atoms with Crippen molar-refractivity contribution in [2.24, 2.45) is 9.98 Å². The maximum absolute atomic E-state index is 13.1. The maximum atomic E-state index is 13.1. The Bertz CT molecular complexity index is 2500. The Labute approximate surface area is 421 Å². The fourth-order valence-corrected chi connectivity index (χ4v) is 7.21. The first-order chi connectivity index (χ1) is 34.6. The van der Waals surface area contributed by atoms with Gasteiger partial charge in [-0.2, -0.15) is 0 Å². The minimum atomic E-state index is -0.983. The van der Waals surface area contributed by atoms with Crippen LogP contribution in [0.1, 0.15) is 57.8 Å². The van der Waals surface area contributed by atoms with Crippen LogP contribution >= 0.6 is 23.2 Å². The van der Waals surface area contributed by atoms with E-state index in [1.807, 2.05) is 12.1 Å². The van der Waals surface area contributed by atoms with E-state index in [2.05, 4.69) is 61.8 Å². The molecule has 2 aliphatic rings. The third kappa shape index (κ3) is 16.0. The summed E-state index contributed by atoms with van der Waals surface area (Å²) in [6.07, 6.45) is 3.13. The number of rotatable bonds is 12. The lowest BCUT2D eigenvalue weighted by Gasteiger charge is -2.33. The number of hydrogen-bond acceptors (Lipinski definition) is 16. The van der Waals surface area contributed by atoms with Crippen LogP contribution in [0.2, 0.25) is 10.3 Å². The molecule has 0 aliphatic carbocycles. The van der Waals surface area contributed by atoms with Crippen molar-refractivity contribution in [3.8, 4) is 0 Å². The number of nitrogens with two attached hydrogens (primary N) is 4. The van der Waals surface area contributed by atoms with Gasteiger partial charge in [0.1, 0.15) is 13.2 Å². The highest BCUT2D eigenvalue weighted by atomic mass is 35.5. The number of amides is 8. The number of benzene rings is 2. The standard InChI is InChI=1S/C44H52Cl2N18O8/c45-31-35(49)57-33(47)29(55-31)37(65)59-39(61-43(69)71-23-25-9-3-1-4-10-25)53-27-13-19-63(20-14-27)41(67)51-17-7-8-18-52-42(68)64-21-15-28(16-22-64)54-40(62-44(70)72-24-26-11-5-2-6-12-26)60-38(66)30-34(48)58-36(50)32(46)56-30/h1-12,27-28H,13-24H2,(H,51,67)(H,52,68)(H4,47,49,57)(H4,48,50,58)(H2,53,59,61,65,69)(H2,54,60,62,66,70)/b8-7-. The first-order valence-corrected chi connectivity index (χ1v) is 23.0. The second kappa shape index (κ2) is 25.9. The second-order valence-electron chi connectivity index (χ2n) is 15.8. The molecule has 380 valence electrons. The highest BCUT2D eigenvalue weighted by molar-refractivity contribution is 6.32. The number of likely N-dealkylation sites (tertiary alicyclic amines) is 2. The molecule has 4 aromatic rings. The van der Waals surface area contributed by atoms with Crippen molar-refractivity contribution in [3.63, 3.8) is 0 Å². The van der Waals surface area contributed by atoms with Crippen molar-refractivity contribution < 1.29 is 38.2 Å². The number of nitrogen functional groups attached to an aromatic ring is 4. The van der Waals surface area contributed by atoms with Crippen LogP contribution in [-0.4, -0.2) is 129 Å². The smallest absolute Gasteiger partial charge is 0.437 e. The Balaban J connectivity index is 0.921. The van der Waals surface area contributed by atoms with E-state index >= 15 is 0 Å². The Morgan fingerprint density at radius 2 is 0.931 bits per heavy atom. The van der Waals surface area contributed by atoms with E-state index in [0.717, 1.165) is 11.1 Å². The molecule has 8 amide bonds. The fraction of sp³-hybridized carbons (Fsp3) is 0.318. The van der Waals surface area contributed by atoms with Crippen LogP contribution in [-0.2, 0) is 22.7 Å². The van der Waals surface area contributed by atoms with Crippen molar-refractivity contribution in [2.75, 3.05) is 62.2 Å². The molecule has 26 nitrogen and oxygen atoms in total. The summed E-state index contributed by atoms with van der Waals surface area (Å²) < 4.78 is 10.5. The van der Waals surface area contributed by atoms with Gasteiger partial charge in [-0.15, -0.1) is 9.98 Å². The lowest BCUT2D eigenvalue weighted by Crippen LogP contribution is -2.52. The van der Waals surface area contributed by atoms with Gasteiger partial charge in [-0.25, -0.2) is 39.1 Å². The van der Waals surface area contributed by atoms with Crippen molar-refractivity contribution in [2.45, 2.75) is 51.0 Å². The summed E-state index contributed by atoms with van der Waals surface area (Å²) in [5.74, 6) is -3.13. The highest BCUT2D eigenvalue weighted by Gasteiger charge is 2.27. The summed E-state index contributed by atoms with van der Waals surface area (Å²) in [5.41, 5.74) is 23.8. The molecule has 0 radical (unpaired) electrons. The molecule has 2 aromatic heterocycles. The number of aromatic nitrogens is 4. The molecule has 4 heterocycles. The number of aliphatic imine (C=N–C) groups is 2. The lowest BCUT2D eigenvalue weighted by molar-refractivity contribution is 0.0962. The Kier molecular flexibility index (Phi) is 19.0. The van der Waals surface area contributed by atoms with E-state index in [-0.39, 0.29) is 107 Å². The number of guanidine groups is 2.